The van der Waals surface area contributed by atoms with E-state index in [2.05, 4.69) is 20.9 Å². The molecule has 19 heavy (non-hydrogen) atoms. The second-order valence-corrected chi connectivity index (χ2v) is 6.12. The summed E-state index contributed by atoms with van der Waals surface area (Å²) < 4.78 is 22.1. The van der Waals surface area contributed by atoms with Gasteiger partial charge in [-0.25, -0.2) is 4.39 Å². The summed E-state index contributed by atoms with van der Waals surface area (Å²) in [5, 5.41) is 0. The molecule has 1 aromatic heterocycles. The molecule has 0 radical (unpaired) electrons. The van der Waals surface area contributed by atoms with Gasteiger partial charge in [0, 0.05) is 25.8 Å². The fourth-order valence-corrected chi connectivity index (χ4v) is 3.14. The molecule has 1 unspecified atom stereocenters. The van der Waals surface area contributed by atoms with E-state index in [9.17, 15) is 4.39 Å². The van der Waals surface area contributed by atoms with Gasteiger partial charge in [-0.1, -0.05) is 0 Å². The highest BCUT2D eigenvalue weighted by molar-refractivity contribution is 9.10. The molecule has 0 saturated carbocycles. The van der Waals surface area contributed by atoms with E-state index in [1.54, 1.807) is 6.07 Å². The standard InChI is InChI=1S/C13H14BrFN2OS/c14-9-5-11-12(6-10(9)15)17(13(19)16-11)3-1-8-2-4-18-7-8/h5-6,8H,1-4,7H2,(H,16,19). The second-order valence-electron chi connectivity index (χ2n) is 4.88. The van der Waals surface area contributed by atoms with Crippen molar-refractivity contribution < 1.29 is 9.13 Å². The molecule has 6 heteroatoms. The van der Waals surface area contributed by atoms with E-state index in [1.165, 1.54) is 6.07 Å². The molecule has 1 fully saturated rings. The molecule has 102 valence electrons. The highest BCUT2D eigenvalue weighted by atomic mass is 79.9. The number of benzene rings is 1. The predicted molar refractivity (Wildman–Crippen MR) is 78.3 cm³/mol. The van der Waals surface area contributed by atoms with E-state index in [1.807, 2.05) is 4.57 Å². The lowest BCUT2D eigenvalue weighted by atomic mass is 10.1. The molecule has 2 heterocycles. The van der Waals surface area contributed by atoms with E-state index < -0.39 is 0 Å². The summed E-state index contributed by atoms with van der Waals surface area (Å²) in [5.41, 5.74) is 1.69. The lowest BCUT2D eigenvalue weighted by molar-refractivity contribution is 0.183. The third-order valence-electron chi connectivity index (χ3n) is 3.60. The number of aromatic nitrogens is 2. The zero-order valence-corrected chi connectivity index (χ0v) is 12.7. The zero-order valence-electron chi connectivity index (χ0n) is 10.3. The van der Waals surface area contributed by atoms with Crippen LogP contribution in [0.5, 0.6) is 0 Å². The van der Waals surface area contributed by atoms with Gasteiger partial charge in [-0.2, -0.15) is 0 Å². The Morgan fingerprint density at radius 3 is 3.11 bits per heavy atom. The molecule has 2 aromatic rings. The molecule has 1 aliphatic rings. The maximum atomic E-state index is 13.7. The van der Waals surface area contributed by atoms with Crippen molar-refractivity contribution in [2.75, 3.05) is 13.2 Å². The van der Waals surface area contributed by atoms with Gasteiger partial charge in [0.1, 0.15) is 5.82 Å². The Morgan fingerprint density at radius 1 is 1.53 bits per heavy atom. The summed E-state index contributed by atoms with van der Waals surface area (Å²) in [7, 11) is 0. The largest absolute Gasteiger partial charge is 0.381 e. The van der Waals surface area contributed by atoms with Crippen LogP contribution in [0.1, 0.15) is 12.8 Å². The molecule has 0 bridgehead atoms. The van der Waals surface area contributed by atoms with E-state index in [4.69, 9.17) is 17.0 Å². The Hall–Kier alpha value is -0.720. The maximum Gasteiger partial charge on any atom is 0.178 e. The number of aromatic amines is 1. The number of fused-ring (bicyclic) bond motifs is 1. The normalized spacial score (nSPS) is 19.4. The van der Waals surface area contributed by atoms with Crippen molar-refractivity contribution in [3.8, 4) is 0 Å². The van der Waals surface area contributed by atoms with E-state index >= 15 is 0 Å². The molecule has 1 aliphatic heterocycles. The molecule has 3 nitrogen and oxygen atoms in total. The van der Waals surface area contributed by atoms with Crippen molar-refractivity contribution in [1.29, 1.82) is 0 Å². The minimum Gasteiger partial charge on any atom is -0.381 e. The first-order chi connectivity index (χ1) is 9.15. The quantitative estimate of drug-likeness (QED) is 0.852. The molecule has 0 amide bonds. The number of imidazole rings is 1. The number of rotatable bonds is 3. The topological polar surface area (TPSA) is 29.9 Å². The summed E-state index contributed by atoms with van der Waals surface area (Å²) in [5.74, 6) is 0.326. The number of halogens is 2. The van der Waals surface area contributed by atoms with Gasteiger partial charge >= 0.3 is 0 Å². The first kappa shape index (κ1) is 13.3. The highest BCUT2D eigenvalue weighted by Crippen LogP contribution is 2.24. The van der Waals surface area contributed by atoms with Crippen LogP contribution in [0, 0.1) is 16.5 Å². The summed E-state index contributed by atoms with van der Waals surface area (Å²) in [6.45, 7) is 2.48. The number of aryl methyl sites for hydroxylation is 1. The Labute approximate surface area is 123 Å². The summed E-state index contributed by atoms with van der Waals surface area (Å²) >= 11 is 8.51. The smallest absolute Gasteiger partial charge is 0.178 e. The van der Waals surface area contributed by atoms with Crippen molar-refractivity contribution in [3.63, 3.8) is 0 Å². The van der Waals surface area contributed by atoms with Crippen LogP contribution in [-0.2, 0) is 11.3 Å². The van der Waals surface area contributed by atoms with Crippen LogP contribution in [-0.4, -0.2) is 22.8 Å². The number of nitrogens with one attached hydrogen (secondary N) is 1. The highest BCUT2D eigenvalue weighted by Gasteiger charge is 2.16. The molecule has 1 aromatic carbocycles. The molecule has 0 aliphatic carbocycles. The fourth-order valence-electron chi connectivity index (χ4n) is 2.50. The van der Waals surface area contributed by atoms with Gasteiger partial charge < -0.3 is 14.3 Å². The molecular formula is C13H14BrFN2OS. The monoisotopic (exact) mass is 344 g/mol. The van der Waals surface area contributed by atoms with Crippen molar-refractivity contribution >= 4 is 39.2 Å². The Bertz CT molecular complexity index is 660. The van der Waals surface area contributed by atoms with Gasteiger partial charge in [-0.3, -0.25) is 0 Å². The minimum atomic E-state index is -0.264. The number of nitrogens with zero attached hydrogens (tertiary/aromatic N) is 1. The first-order valence-corrected chi connectivity index (χ1v) is 7.50. The lowest BCUT2D eigenvalue weighted by Crippen LogP contribution is -2.06. The van der Waals surface area contributed by atoms with Gasteiger partial charge in [0.25, 0.3) is 0 Å². The molecule has 1 atom stereocenters. The Kier molecular flexibility index (Phi) is 3.73. The average Bonchev–Trinajstić information content (AvgIpc) is 2.96. The van der Waals surface area contributed by atoms with Crippen LogP contribution in [0.3, 0.4) is 0 Å². The summed E-state index contributed by atoms with van der Waals surface area (Å²) in [4.78, 5) is 3.12. The van der Waals surface area contributed by atoms with Gasteiger partial charge in [-0.05, 0) is 53.0 Å². The van der Waals surface area contributed by atoms with Gasteiger partial charge in [0.15, 0.2) is 4.77 Å². The predicted octanol–water partition coefficient (Wildman–Crippen LogP) is 4.03. The number of hydrogen-bond donors (Lipinski definition) is 1. The van der Waals surface area contributed by atoms with Crippen LogP contribution < -0.4 is 0 Å². The summed E-state index contributed by atoms with van der Waals surface area (Å²) in [6.07, 6.45) is 2.12. The third kappa shape index (κ3) is 2.61. The third-order valence-corrected chi connectivity index (χ3v) is 4.53. The van der Waals surface area contributed by atoms with Crippen molar-refractivity contribution in [2.45, 2.75) is 19.4 Å². The fraction of sp³-hybridized carbons (Fsp3) is 0.462. The maximum absolute atomic E-state index is 13.7. The molecule has 1 N–H and O–H groups in total. The Morgan fingerprint density at radius 2 is 2.37 bits per heavy atom. The molecular weight excluding hydrogens is 331 g/mol. The van der Waals surface area contributed by atoms with Crippen molar-refractivity contribution in [1.82, 2.24) is 9.55 Å². The zero-order chi connectivity index (χ0) is 13.4. The lowest BCUT2D eigenvalue weighted by Gasteiger charge is -2.09. The number of H-pyrrole nitrogens is 1. The van der Waals surface area contributed by atoms with Crippen molar-refractivity contribution in [3.05, 3.63) is 27.2 Å². The van der Waals surface area contributed by atoms with Gasteiger partial charge in [-0.15, -0.1) is 0 Å². The van der Waals surface area contributed by atoms with Gasteiger partial charge in [0.2, 0.25) is 0 Å². The van der Waals surface area contributed by atoms with Crippen LogP contribution in [0.4, 0.5) is 4.39 Å². The SMILES string of the molecule is Fc1cc2c(cc1Br)[nH]c(=S)n2CCC1CCOC1. The van der Waals surface area contributed by atoms with E-state index in [-0.39, 0.29) is 5.82 Å². The molecule has 0 spiro atoms. The van der Waals surface area contributed by atoms with Crippen LogP contribution in [0.2, 0.25) is 0 Å². The summed E-state index contributed by atoms with van der Waals surface area (Å²) in [6, 6.07) is 3.26. The van der Waals surface area contributed by atoms with Crippen LogP contribution >= 0.6 is 28.1 Å². The molecule has 3 rings (SSSR count). The van der Waals surface area contributed by atoms with Crippen molar-refractivity contribution in [2.24, 2.45) is 5.92 Å². The first-order valence-electron chi connectivity index (χ1n) is 6.30. The number of ether oxygens (including phenoxy) is 1. The van der Waals surface area contributed by atoms with E-state index in [0.717, 1.165) is 43.6 Å². The average molecular weight is 345 g/mol. The number of hydrogen-bond acceptors (Lipinski definition) is 2. The minimum absolute atomic E-state index is 0.264. The second kappa shape index (κ2) is 5.34. The Balaban J connectivity index is 1.91. The van der Waals surface area contributed by atoms with Crippen LogP contribution in [0.15, 0.2) is 16.6 Å². The van der Waals surface area contributed by atoms with Gasteiger partial charge in [0.05, 0.1) is 15.5 Å². The van der Waals surface area contributed by atoms with E-state index in [0.29, 0.717) is 15.2 Å². The molecule has 1 saturated heterocycles. The van der Waals surface area contributed by atoms with Crippen LogP contribution in [0.25, 0.3) is 11.0 Å².